The number of ketones is 1. The predicted octanol–water partition coefficient (Wildman–Crippen LogP) is 3.61. The minimum Gasteiger partial charge on any atom is -0.494 e. The molecule has 0 saturated carbocycles. The Balaban J connectivity index is 3.09. The quantitative estimate of drug-likeness (QED) is 0.773. The minimum atomic E-state index is -4.45. The lowest BCUT2D eigenvalue weighted by Crippen LogP contribution is -2.09. The van der Waals surface area contributed by atoms with E-state index in [1.165, 1.54) is 6.07 Å². The number of hydrogen-bond donors (Lipinski definition) is 0. The van der Waals surface area contributed by atoms with E-state index in [2.05, 4.69) is 15.9 Å². The van der Waals surface area contributed by atoms with Gasteiger partial charge in [0, 0.05) is 6.42 Å². The maximum Gasteiger partial charge on any atom is 0.416 e. The topological polar surface area (TPSA) is 26.3 Å². The molecule has 0 atom stereocenters. The van der Waals surface area contributed by atoms with Crippen LogP contribution in [0, 0.1) is 0 Å². The summed E-state index contributed by atoms with van der Waals surface area (Å²) < 4.78 is 43.0. The third kappa shape index (κ3) is 4.33. The Bertz CT molecular complexity index is 430. The molecule has 1 rings (SSSR count). The standard InChI is InChI=1S/C12H12BrF3O2/c1-2-18-11-5-8(4-10(17)7-13)3-9(6-11)12(14,15)16/h3,5-6H,2,4,7H2,1H3. The Morgan fingerprint density at radius 1 is 1.33 bits per heavy atom. The van der Waals surface area contributed by atoms with Gasteiger partial charge in [0.05, 0.1) is 17.5 Å². The van der Waals surface area contributed by atoms with E-state index in [-0.39, 0.29) is 29.9 Å². The van der Waals surface area contributed by atoms with Crippen LogP contribution in [0.3, 0.4) is 0 Å². The SMILES string of the molecule is CCOc1cc(CC(=O)CBr)cc(C(F)(F)F)c1. The number of Topliss-reactive ketones (excluding diaryl/α,β-unsaturated/α-hetero) is 1. The van der Waals surface area contributed by atoms with Crippen LogP contribution < -0.4 is 4.74 Å². The molecule has 18 heavy (non-hydrogen) atoms. The highest BCUT2D eigenvalue weighted by atomic mass is 79.9. The molecule has 0 aliphatic carbocycles. The van der Waals surface area contributed by atoms with Crippen molar-refractivity contribution >= 4 is 21.7 Å². The average Bonchev–Trinajstić information content (AvgIpc) is 2.27. The molecule has 6 heteroatoms. The Morgan fingerprint density at radius 2 is 2.00 bits per heavy atom. The van der Waals surface area contributed by atoms with Crippen molar-refractivity contribution in [1.82, 2.24) is 0 Å². The number of benzene rings is 1. The molecule has 1 aromatic rings. The molecule has 0 radical (unpaired) electrons. The van der Waals surface area contributed by atoms with Gasteiger partial charge in [0.15, 0.2) is 0 Å². The summed E-state index contributed by atoms with van der Waals surface area (Å²) in [6.07, 6.45) is -4.49. The third-order valence-corrected chi connectivity index (χ3v) is 2.78. The molecule has 1 aromatic carbocycles. The van der Waals surface area contributed by atoms with Crippen molar-refractivity contribution in [2.45, 2.75) is 19.5 Å². The number of alkyl halides is 4. The van der Waals surface area contributed by atoms with E-state index in [1.54, 1.807) is 6.92 Å². The number of hydrogen-bond acceptors (Lipinski definition) is 2. The first-order valence-corrected chi connectivity index (χ1v) is 6.40. The van der Waals surface area contributed by atoms with Crippen LogP contribution in [0.25, 0.3) is 0 Å². The van der Waals surface area contributed by atoms with E-state index >= 15 is 0 Å². The monoisotopic (exact) mass is 324 g/mol. The van der Waals surface area contributed by atoms with E-state index in [0.29, 0.717) is 5.56 Å². The second-order valence-corrected chi connectivity index (χ2v) is 4.21. The van der Waals surface area contributed by atoms with Gasteiger partial charge in [0.1, 0.15) is 11.5 Å². The maximum atomic E-state index is 12.7. The molecule has 0 amide bonds. The summed E-state index contributed by atoms with van der Waals surface area (Å²) in [6, 6.07) is 3.37. The third-order valence-electron chi connectivity index (χ3n) is 2.15. The van der Waals surface area contributed by atoms with Crippen LogP contribution in [0.15, 0.2) is 18.2 Å². The number of carbonyl (C=O) groups is 1. The molecule has 0 spiro atoms. The molecule has 2 nitrogen and oxygen atoms in total. The summed E-state index contributed by atoms with van der Waals surface area (Å²) in [5.74, 6) is -0.0542. The van der Waals surface area contributed by atoms with Gasteiger partial charge in [-0.05, 0) is 30.7 Å². The van der Waals surface area contributed by atoms with E-state index < -0.39 is 11.7 Å². The van der Waals surface area contributed by atoms with Crippen molar-refractivity contribution in [2.24, 2.45) is 0 Å². The van der Waals surface area contributed by atoms with Crippen LogP contribution in [0.2, 0.25) is 0 Å². The first-order valence-electron chi connectivity index (χ1n) is 5.28. The highest BCUT2D eigenvalue weighted by Crippen LogP contribution is 2.32. The second-order valence-electron chi connectivity index (χ2n) is 3.65. The number of ether oxygens (including phenoxy) is 1. The summed E-state index contributed by atoms with van der Waals surface area (Å²) in [4.78, 5) is 11.2. The second kappa shape index (κ2) is 6.22. The van der Waals surface area contributed by atoms with Gasteiger partial charge in [-0.2, -0.15) is 13.2 Å². The summed E-state index contributed by atoms with van der Waals surface area (Å²) in [7, 11) is 0. The number of halogens is 4. The van der Waals surface area contributed by atoms with Crippen LogP contribution in [0.1, 0.15) is 18.1 Å². The zero-order chi connectivity index (χ0) is 13.8. The molecule has 0 unspecified atom stereocenters. The van der Waals surface area contributed by atoms with Crippen molar-refractivity contribution in [3.05, 3.63) is 29.3 Å². The highest BCUT2D eigenvalue weighted by molar-refractivity contribution is 9.09. The van der Waals surface area contributed by atoms with Gasteiger partial charge in [-0.3, -0.25) is 4.79 Å². The van der Waals surface area contributed by atoms with Gasteiger partial charge < -0.3 is 4.74 Å². The van der Waals surface area contributed by atoms with Gasteiger partial charge in [0.25, 0.3) is 0 Å². The Kier molecular flexibility index (Phi) is 5.19. The molecule has 0 heterocycles. The van der Waals surface area contributed by atoms with Crippen molar-refractivity contribution in [2.75, 3.05) is 11.9 Å². The Morgan fingerprint density at radius 3 is 2.50 bits per heavy atom. The molecule has 0 aliphatic heterocycles. The first-order chi connectivity index (χ1) is 8.36. The number of rotatable bonds is 5. The van der Waals surface area contributed by atoms with Crippen LogP contribution >= 0.6 is 15.9 Å². The van der Waals surface area contributed by atoms with Crippen LogP contribution in [0.4, 0.5) is 13.2 Å². The lowest BCUT2D eigenvalue weighted by molar-refractivity contribution is -0.137. The molecular formula is C12H12BrF3O2. The number of carbonyl (C=O) groups excluding carboxylic acids is 1. The zero-order valence-corrected chi connectivity index (χ0v) is 11.3. The van der Waals surface area contributed by atoms with E-state index in [0.717, 1.165) is 12.1 Å². The maximum absolute atomic E-state index is 12.7. The van der Waals surface area contributed by atoms with Gasteiger partial charge in [-0.25, -0.2) is 0 Å². The Hall–Kier alpha value is -1.04. The van der Waals surface area contributed by atoms with Crippen molar-refractivity contribution in [1.29, 1.82) is 0 Å². The van der Waals surface area contributed by atoms with Crippen LogP contribution in [-0.4, -0.2) is 17.7 Å². The van der Waals surface area contributed by atoms with E-state index in [1.807, 2.05) is 0 Å². The normalized spacial score (nSPS) is 11.4. The summed E-state index contributed by atoms with van der Waals surface area (Å²) in [6.45, 7) is 1.96. The summed E-state index contributed by atoms with van der Waals surface area (Å²) in [5, 5.41) is 0.118. The van der Waals surface area contributed by atoms with Crippen LogP contribution in [0.5, 0.6) is 5.75 Å². The molecular weight excluding hydrogens is 313 g/mol. The molecule has 0 aliphatic rings. The van der Waals surface area contributed by atoms with Crippen LogP contribution in [-0.2, 0) is 17.4 Å². The fourth-order valence-electron chi connectivity index (χ4n) is 1.45. The first kappa shape index (κ1) is 15.0. The molecule has 0 aromatic heterocycles. The lowest BCUT2D eigenvalue weighted by Gasteiger charge is -2.12. The smallest absolute Gasteiger partial charge is 0.416 e. The van der Waals surface area contributed by atoms with Crippen molar-refractivity contribution in [3.63, 3.8) is 0 Å². The average molecular weight is 325 g/mol. The predicted molar refractivity (Wildman–Crippen MR) is 65.1 cm³/mol. The van der Waals surface area contributed by atoms with Gasteiger partial charge >= 0.3 is 6.18 Å². The zero-order valence-electron chi connectivity index (χ0n) is 9.68. The fraction of sp³-hybridized carbons (Fsp3) is 0.417. The van der Waals surface area contributed by atoms with Gasteiger partial charge in [-0.1, -0.05) is 15.9 Å². The van der Waals surface area contributed by atoms with Crippen molar-refractivity contribution in [3.8, 4) is 5.75 Å². The highest BCUT2D eigenvalue weighted by Gasteiger charge is 2.31. The fourth-order valence-corrected chi connectivity index (χ4v) is 1.65. The van der Waals surface area contributed by atoms with Crippen molar-refractivity contribution < 1.29 is 22.7 Å². The van der Waals surface area contributed by atoms with E-state index in [9.17, 15) is 18.0 Å². The largest absolute Gasteiger partial charge is 0.494 e. The molecule has 0 N–H and O–H groups in total. The van der Waals surface area contributed by atoms with Gasteiger partial charge in [0.2, 0.25) is 0 Å². The molecule has 100 valence electrons. The lowest BCUT2D eigenvalue weighted by atomic mass is 10.1. The molecule has 0 bridgehead atoms. The van der Waals surface area contributed by atoms with Gasteiger partial charge in [-0.15, -0.1) is 0 Å². The van der Waals surface area contributed by atoms with E-state index in [4.69, 9.17) is 4.74 Å². The minimum absolute atomic E-state index is 0.0464. The molecule has 0 saturated heterocycles. The Labute approximate surface area is 111 Å². The summed E-state index contributed by atoms with van der Waals surface area (Å²) >= 11 is 2.98. The molecule has 0 fully saturated rings. The summed E-state index contributed by atoms with van der Waals surface area (Å²) in [5.41, 5.74) is -0.497.